The first-order valence-electron chi connectivity index (χ1n) is 19.3. The molecule has 0 bridgehead atoms. The van der Waals surface area contributed by atoms with Gasteiger partial charge in [-0.05, 0) is 86.4 Å². The molecule has 322 valence electrons. The first-order chi connectivity index (χ1) is 29.8. The first-order valence-corrected chi connectivity index (χ1v) is 19.3. The summed E-state index contributed by atoms with van der Waals surface area (Å²) in [5, 5.41) is 86.0. The predicted octanol–water partition coefficient (Wildman–Crippen LogP) is 5.42. The molecule has 1 aliphatic carbocycles. The summed E-state index contributed by atoms with van der Waals surface area (Å²) >= 11 is 0. The molecule has 2 amide bonds. The molecular formula is C46H40N4O13. The number of carboxylic acids is 2. The van der Waals surface area contributed by atoms with Gasteiger partial charge in [-0.2, -0.15) is 0 Å². The molecule has 4 aromatic carbocycles. The number of benzene rings is 4. The normalized spacial score (nSPS) is 22.2. The highest BCUT2D eigenvalue weighted by Crippen LogP contribution is 2.48. The number of hydrogen-bond donors (Lipinski definition) is 11. The number of aliphatic hydroxyl groups is 2. The maximum absolute atomic E-state index is 14.6. The zero-order valence-corrected chi connectivity index (χ0v) is 33.5. The minimum absolute atomic E-state index is 0.0454. The molecule has 2 aliphatic heterocycles. The molecule has 0 saturated carbocycles. The lowest BCUT2D eigenvalue weighted by Gasteiger charge is -2.30. The predicted molar refractivity (Wildman–Crippen MR) is 228 cm³/mol. The third kappa shape index (κ3) is 7.77. The number of phenols is 3. The molecule has 0 radical (unpaired) electrons. The highest BCUT2D eigenvalue weighted by atomic mass is 16.4. The van der Waals surface area contributed by atoms with E-state index in [9.17, 15) is 64.5 Å². The average Bonchev–Trinajstić information content (AvgIpc) is 3.67. The van der Waals surface area contributed by atoms with Gasteiger partial charge < -0.3 is 57.0 Å². The smallest absolute Gasteiger partial charge is 0.337 e. The Kier molecular flexibility index (Phi) is 11.2. The van der Waals surface area contributed by atoms with Crippen molar-refractivity contribution in [2.45, 2.75) is 50.0 Å². The van der Waals surface area contributed by atoms with Gasteiger partial charge >= 0.3 is 11.9 Å². The maximum atomic E-state index is 14.6. The van der Waals surface area contributed by atoms with E-state index in [-0.39, 0.29) is 74.7 Å². The monoisotopic (exact) mass is 856 g/mol. The number of rotatable bonds is 6. The Hall–Kier alpha value is -8.02. The second-order valence-electron chi connectivity index (χ2n) is 15.3. The molecule has 7 rings (SSSR count). The summed E-state index contributed by atoms with van der Waals surface area (Å²) in [6, 6.07) is 13.4. The fourth-order valence-electron chi connectivity index (χ4n) is 8.00. The molecule has 17 heteroatoms. The number of para-hydroxylation sites is 1. The van der Waals surface area contributed by atoms with Crippen molar-refractivity contribution in [3.8, 4) is 17.2 Å². The van der Waals surface area contributed by atoms with Gasteiger partial charge in [0.15, 0.2) is 11.6 Å². The zero-order valence-electron chi connectivity index (χ0n) is 33.5. The van der Waals surface area contributed by atoms with Crippen molar-refractivity contribution in [3.63, 3.8) is 0 Å². The van der Waals surface area contributed by atoms with E-state index in [1.807, 2.05) is 0 Å². The third-order valence-corrected chi connectivity index (χ3v) is 11.0. The summed E-state index contributed by atoms with van der Waals surface area (Å²) in [4.78, 5) is 81.8. The molecule has 0 spiro atoms. The number of amides is 2. The molecule has 4 atom stereocenters. The van der Waals surface area contributed by atoms with Crippen molar-refractivity contribution in [3.05, 3.63) is 148 Å². The number of aromatic carboxylic acids is 2. The van der Waals surface area contributed by atoms with Crippen LogP contribution >= 0.6 is 0 Å². The van der Waals surface area contributed by atoms with Gasteiger partial charge in [-0.1, -0.05) is 47.6 Å². The number of hydrogen-bond acceptors (Lipinski definition) is 13. The lowest BCUT2D eigenvalue weighted by molar-refractivity contribution is -0.130. The average molecular weight is 857 g/mol. The number of aromatic hydroxyl groups is 3. The minimum atomic E-state index is -2.43. The van der Waals surface area contributed by atoms with Crippen LogP contribution < -0.4 is 21.3 Å². The summed E-state index contributed by atoms with van der Waals surface area (Å²) < 4.78 is 0. The molecule has 11 N–H and O–H groups in total. The van der Waals surface area contributed by atoms with Gasteiger partial charge in [-0.15, -0.1) is 0 Å². The Morgan fingerprint density at radius 2 is 1.10 bits per heavy atom. The van der Waals surface area contributed by atoms with Crippen LogP contribution in [0.4, 0.5) is 22.7 Å². The Bertz CT molecular complexity index is 2790. The van der Waals surface area contributed by atoms with E-state index in [0.29, 0.717) is 11.1 Å². The summed E-state index contributed by atoms with van der Waals surface area (Å²) in [5.74, 6) is -7.81. The number of carbonyl (C=O) groups is 6. The standard InChI is InChI=1S/C46H40N4O13/c1-22-8-12-36(55)31-19-28(53)21-34-40(31)46(44(63)48-34,50-32-6-4-3-5-29(32)42(60)61)38(57)14-10-23(2)7-11-35(54)30-18-27(52)20-33-39(30)45(43(62)47-33,37(56)13-9-22)49-25-15-24(41(58)59)16-26(51)17-25/h3-10,13-21,35-36,49-55H,11-12H2,1-2H3,(H,47,62)(H,48,63)(H,58,59)(H,60,61)/t35-,36-,45+,46-/m0/s1. The van der Waals surface area contributed by atoms with E-state index in [0.717, 1.165) is 42.5 Å². The largest absolute Gasteiger partial charge is 0.508 e. The summed E-state index contributed by atoms with van der Waals surface area (Å²) in [5.41, 5.74) is -5.57. The molecular weight excluding hydrogens is 817 g/mol. The van der Waals surface area contributed by atoms with Gasteiger partial charge in [0.25, 0.3) is 11.8 Å². The van der Waals surface area contributed by atoms with Crippen molar-refractivity contribution in [2.75, 3.05) is 21.3 Å². The highest BCUT2D eigenvalue weighted by molar-refractivity contribution is 6.27. The van der Waals surface area contributed by atoms with Crippen molar-refractivity contribution in [1.29, 1.82) is 0 Å². The maximum Gasteiger partial charge on any atom is 0.337 e. The molecule has 0 unspecified atom stereocenters. The molecule has 17 nitrogen and oxygen atoms in total. The number of phenolic OH excluding ortho intramolecular Hbond substituents is 3. The van der Waals surface area contributed by atoms with Crippen molar-refractivity contribution in [1.82, 2.24) is 0 Å². The Morgan fingerprint density at radius 1 is 0.619 bits per heavy atom. The van der Waals surface area contributed by atoms with Gasteiger partial charge in [0.05, 0.1) is 40.4 Å². The van der Waals surface area contributed by atoms with Crippen molar-refractivity contribution in [2.24, 2.45) is 0 Å². The topological polar surface area (TPSA) is 292 Å². The SMILES string of the molecule is CC1=CC[C@H](O)c2cc(O)cc3c2[C@@](Nc2ccccc2C(=O)O)(C(=O)C=CC(C)=CC[C@H](O)c2cc(O)cc4c2[C@](Nc2cc(O)cc(C(=O)O)c2)(C(=O)C=C1)C(=O)N4)C(=O)N3. The van der Waals surface area contributed by atoms with E-state index in [1.165, 1.54) is 60.7 Å². The fraction of sp³-hybridized carbons (Fsp3) is 0.174. The van der Waals surface area contributed by atoms with Crippen LogP contribution in [0.25, 0.3) is 0 Å². The van der Waals surface area contributed by atoms with Crippen LogP contribution in [0.15, 0.2) is 114 Å². The van der Waals surface area contributed by atoms with E-state index in [1.54, 1.807) is 13.8 Å². The number of ketones is 2. The van der Waals surface area contributed by atoms with Crippen LogP contribution in [-0.4, -0.2) is 71.1 Å². The second kappa shape index (κ2) is 16.4. The number of nitrogens with one attached hydrogen (secondary N) is 4. The van der Waals surface area contributed by atoms with Crippen LogP contribution in [0.2, 0.25) is 0 Å². The fourth-order valence-corrected chi connectivity index (χ4v) is 8.00. The number of carbonyl (C=O) groups excluding carboxylic acids is 4. The molecule has 2 heterocycles. The Morgan fingerprint density at radius 3 is 1.59 bits per heavy atom. The highest BCUT2D eigenvalue weighted by Gasteiger charge is 2.56. The zero-order chi connectivity index (χ0) is 45.5. The quantitative estimate of drug-likeness (QED) is 0.108. The van der Waals surface area contributed by atoms with Crippen molar-refractivity contribution < 1.29 is 64.5 Å². The summed E-state index contributed by atoms with van der Waals surface area (Å²) in [6.45, 7) is 3.12. The lowest BCUT2D eigenvalue weighted by Crippen LogP contribution is -2.49. The first kappa shape index (κ1) is 43.1. The van der Waals surface area contributed by atoms with Gasteiger partial charge in [0.2, 0.25) is 11.1 Å². The molecule has 4 aromatic rings. The van der Waals surface area contributed by atoms with Crippen LogP contribution in [0.3, 0.4) is 0 Å². The lowest BCUT2D eigenvalue weighted by atomic mass is 9.80. The number of carboxylic acid groups (broad SMARTS) is 2. The van der Waals surface area contributed by atoms with Crippen LogP contribution in [0.1, 0.15) is 81.9 Å². The molecule has 0 aromatic heterocycles. The summed E-state index contributed by atoms with van der Waals surface area (Å²) in [7, 11) is 0. The van der Waals surface area contributed by atoms with E-state index >= 15 is 0 Å². The van der Waals surface area contributed by atoms with E-state index in [4.69, 9.17) is 0 Å². The summed E-state index contributed by atoms with van der Waals surface area (Å²) in [6.07, 6.45) is 4.14. The number of allylic oxidation sites excluding steroid dienone is 4. The van der Waals surface area contributed by atoms with Gasteiger partial charge in [0, 0.05) is 35.0 Å². The third-order valence-electron chi connectivity index (χ3n) is 11.0. The van der Waals surface area contributed by atoms with Crippen LogP contribution in [0, 0.1) is 0 Å². The van der Waals surface area contributed by atoms with E-state index in [2.05, 4.69) is 21.3 Å². The van der Waals surface area contributed by atoms with E-state index < -0.39 is 70.1 Å². The number of aliphatic hydroxyl groups excluding tert-OH is 2. The van der Waals surface area contributed by atoms with Gasteiger partial charge in [0.1, 0.15) is 17.2 Å². The Balaban J connectivity index is 1.41. The molecule has 63 heavy (non-hydrogen) atoms. The van der Waals surface area contributed by atoms with Gasteiger partial charge in [-0.25, -0.2) is 9.59 Å². The molecule has 3 aliphatic rings. The van der Waals surface area contributed by atoms with Crippen molar-refractivity contribution >= 4 is 58.1 Å². The Labute approximate surface area is 358 Å². The second-order valence-corrected chi connectivity index (χ2v) is 15.3. The molecule has 0 fully saturated rings. The van der Waals surface area contributed by atoms with Crippen LogP contribution in [0.5, 0.6) is 17.2 Å². The minimum Gasteiger partial charge on any atom is -0.508 e. The molecule has 0 saturated heterocycles. The van der Waals surface area contributed by atoms with Gasteiger partial charge in [-0.3, -0.25) is 19.2 Å². The van der Waals surface area contributed by atoms with Crippen LogP contribution in [-0.2, 0) is 30.3 Å². The number of anilines is 4.